The summed E-state index contributed by atoms with van der Waals surface area (Å²) in [6.45, 7) is 4.95. The fourth-order valence-corrected chi connectivity index (χ4v) is 3.62. The van der Waals surface area contributed by atoms with Crippen molar-refractivity contribution in [2.75, 3.05) is 13.1 Å². The van der Waals surface area contributed by atoms with Crippen LogP contribution in [0.2, 0.25) is 0 Å². The smallest absolute Gasteiger partial charge is 0.0508 e. The Hall–Kier alpha value is -0.120. The van der Waals surface area contributed by atoms with Crippen LogP contribution in [0.25, 0.3) is 0 Å². The molecule has 0 radical (unpaired) electrons. The summed E-state index contributed by atoms with van der Waals surface area (Å²) < 4.78 is 0. The number of fused-ring (bicyclic) bond motifs is 3. The van der Waals surface area contributed by atoms with Gasteiger partial charge in [-0.25, -0.2) is 10.4 Å². The molecule has 2 atom stereocenters. The monoisotopic (exact) mass is 209 g/mol. The molecule has 1 aliphatic carbocycles. The lowest BCUT2D eigenvalue weighted by Crippen LogP contribution is -2.53. The zero-order chi connectivity index (χ0) is 10.3. The summed E-state index contributed by atoms with van der Waals surface area (Å²) in [6.07, 6.45) is 9.73. The molecule has 0 aromatic carbocycles. The first-order valence-corrected chi connectivity index (χ1v) is 6.62. The van der Waals surface area contributed by atoms with Gasteiger partial charge in [0.05, 0.1) is 5.54 Å². The second-order valence-corrected chi connectivity index (χ2v) is 5.59. The summed E-state index contributed by atoms with van der Waals surface area (Å²) in [5.41, 5.74) is 4.15. The van der Waals surface area contributed by atoms with Gasteiger partial charge in [-0.3, -0.25) is 0 Å². The summed E-state index contributed by atoms with van der Waals surface area (Å²) in [4.78, 5) is 0. The van der Waals surface area contributed by atoms with E-state index in [0.717, 1.165) is 0 Å². The predicted octanol–water partition coefficient (Wildman–Crippen LogP) is 1.91. The molecule has 3 nitrogen and oxygen atoms in total. The maximum Gasteiger partial charge on any atom is 0.0508 e. The van der Waals surface area contributed by atoms with Gasteiger partial charge in [-0.1, -0.05) is 19.3 Å². The Balaban J connectivity index is 1.85. The minimum Gasteiger partial charge on any atom is -0.236 e. The Morgan fingerprint density at radius 2 is 1.93 bits per heavy atom. The molecule has 3 fully saturated rings. The number of hydrogen-bond donors (Lipinski definition) is 1. The van der Waals surface area contributed by atoms with E-state index in [0.29, 0.717) is 11.6 Å². The first-order valence-electron chi connectivity index (χ1n) is 6.62. The average Bonchev–Trinajstić information content (AvgIpc) is 2.41. The molecule has 2 heterocycles. The van der Waals surface area contributed by atoms with Gasteiger partial charge in [0.1, 0.15) is 0 Å². The Labute approximate surface area is 92.7 Å². The molecule has 3 heteroatoms. The van der Waals surface area contributed by atoms with E-state index in [1.165, 1.54) is 58.0 Å². The van der Waals surface area contributed by atoms with Crippen molar-refractivity contribution in [1.82, 2.24) is 15.6 Å². The highest BCUT2D eigenvalue weighted by Crippen LogP contribution is 2.38. The van der Waals surface area contributed by atoms with Crippen molar-refractivity contribution in [3.8, 4) is 0 Å². The molecule has 0 spiro atoms. The van der Waals surface area contributed by atoms with Crippen LogP contribution < -0.4 is 5.43 Å². The molecule has 2 unspecified atom stereocenters. The highest BCUT2D eigenvalue weighted by atomic mass is 15.9. The second-order valence-electron chi connectivity index (χ2n) is 5.59. The van der Waals surface area contributed by atoms with Gasteiger partial charge in [0.25, 0.3) is 0 Å². The van der Waals surface area contributed by atoms with Gasteiger partial charge in [-0.2, -0.15) is 5.12 Å². The molecule has 3 rings (SSSR count). The van der Waals surface area contributed by atoms with Crippen molar-refractivity contribution in [3.05, 3.63) is 0 Å². The molecule has 86 valence electrons. The molecule has 15 heavy (non-hydrogen) atoms. The molecular formula is C12H23N3. The van der Waals surface area contributed by atoms with Crippen LogP contribution in [0.15, 0.2) is 0 Å². The molecule has 2 saturated heterocycles. The van der Waals surface area contributed by atoms with E-state index in [4.69, 9.17) is 0 Å². The van der Waals surface area contributed by atoms with Gasteiger partial charge < -0.3 is 0 Å². The van der Waals surface area contributed by atoms with Crippen LogP contribution in [0.5, 0.6) is 0 Å². The molecule has 2 aliphatic heterocycles. The quantitative estimate of drug-likeness (QED) is 0.657. The summed E-state index contributed by atoms with van der Waals surface area (Å²) in [5.74, 6) is 0. The third-order valence-corrected chi connectivity index (χ3v) is 4.60. The molecule has 0 aromatic rings. The van der Waals surface area contributed by atoms with Crippen LogP contribution >= 0.6 is 0 Å². The van der Waals surface area contributed by atoms with Gasteiger partial charge in [0.2, 0.25) is 0 Å². The maximum atomic E-state index is 3.73. The van der Waals surface area contributed by atoms with Gasteiger partial charge in [0, 0.05) is 19.1 Å². The Morgan fingerprint density at radius 1 is 1.07 bits per heavy atom. The van der Waals surface area contributed by atoms with Crippen molar-refractivity contribution in [1.29, 1.82) is 0 Å². The largest absolute Gasteiger partial charge is 0.236 e. The van der Waals surface area contributed by atoms with Crippen LogP contribution in [0.1, 0.15) is 51.9 Å². The van der Waals surface area contributed by atoms with Crippen molar-refractivity contribution in [2.45, 2.75) is 63.5 Å². The van der Waals surface area contributed by atoms with Crippen molar-refractivity contribution >= 4 is 0 Å². The summed E-state index contributed by atoms with van der Waals surface area (Å²) in [6, 6.07) is 0.707. The summed E-state index contributed by atoms with van der Waals surface area (Å²) in [7, 11) is 0. The van der Waals surface area contributed by atoms with E-state index < -0.39 is 0 Å². The van der Waals surface area contributed by atoms with Gasteiger partial charge in [-0.15, -0.1) is 0 Å². The van der Waals surface area contributed by atoms with Crippen LogP contribution in [-0.4, -0.2) is 34.8 Å². The molecule has 0 bridgehead atoms. The standard InChI is InChI=1S/C12H23N3/c1-12-8-4-2-3-7-11(12)13-15-10-6-5-9-14(12)15/h11,13H,2-10H2,1H3. The van der Waals surface area contributed by atoms with Gasteiger partial charge in [0.15, 0.2) is 0 Å². The maximum absolute atomic E-state index is 3.73. The summed E-state index contributed by atoms with van der Waals surface area (Å²) in [5, 5.41) is 5.05. The Kier molecular flexibility index (Phi) is 2.49. The van der Waals surface area contributed by atoms with E-state index in [2.05, 4.69) is 22.5 Å². The number of nitrogens with one attached hydrogen (secondary N) is 1. The Bertz CT molecular complexity index is 243. The minimum absolute atomic E-state index is 0.414. The summed E-state index contributed by atoms with van der Waals surface area (Å²) >= 11 is 0. The molecule has 0 aromatic heterocycles. The van der Waals surface area contributed by atoms with Crippen molar-refractivity contribution < 1.29 is 0 Å². The van der Waals surface area contributed by atoms with Crippen LogP contribution in [0, 0.1) is 0 Å². The second kappa shape index (κ2) is 3.72. The first kappa shape index (κ1) is 10.1. The fraction of sp³-hybridized carbons (Fsp3) is 1.00. The van der Waals surface area contributed by atoms with E-state index in [1.54, 1.807) is 0 Å². The van der Waals surface area contributed by atoms with E-state index in [-0.39, 0.29) is 0 Å². The van der Waals surface area contributed by atoms with E-state index >= 15 is 0 Å². The van der Waals surface area contributed by atoms with Crippen molar-refractivity contribution in [3.63, 3.8) is 0 Å². The lowest BCUT2D eigenvalue weighted by atomic mass is 9.87. The van der Waals surface area contributed by atoms with Crippen molar-refractivity contribution in [2.24, 2.45) is 0 Å². The zero-order valence-corrected chi connectivity index (χ0v) is 9.84. The van der Waals surface area contributed by atoms with Crippen LogP contribution in [0.3, 0.4) is 0 Å². The van der Waals surface area contributed by atoms with E-state index in [1.807, 2.05) is 0 Å². The van der Waals surface area contributed by atoms with Crippen LogP contribution in [-0.2, 0) is 0 Å². The number of nitrogens with zero attached hydrogens (tertiary/aromatic N) is 2. The normalized spacial score (nSPS) is 43.4. The molecule has 3 aliphatic rings. The lowest BCUT2D eigenvalue weighted by molar-refractivity contribution is -0.0892. The number of hydrazine groups is 2. The highest BCUT2D eigenvalue weighted by molar-refractivity contribution is 5.01. The zero-order valence-electron chi connectivity index (χ0n) is 9.84. The fourth-order valence-electron chi connectivity index (χ4n) is 3.62. The van der Waals surface area contributed by atoms with Gasteiger partial charge >= 0.3 is 0 Å². The molecule has 1 saturated carbocycles. The number of hydrogen-bond acceptors (Lipinski definition) is 3. The third-order valence-electron chi connectivity index (χ3n) is 4.60. The first-order chi connectivity index (χ1) is 7.31. The molecule has 1 N–H and O–H groups in total. The van der Waals surface area contributed by atoms with E-state index in [9.17, 15) is 0 Å². The molecular weight excluding hydrogens is 186 g/mol. The highest BCUT2D eigenvalue weighted by Gasteiger charge is 2.49. The average molecular weight is 209 g/mol. The van der Waals surface area contributed by atoms with Crippen LogP contribution in [0.4, 0.5) is 0 Å². The topological polar surface area (TPSA) is 18.5 Å². The SMILES string of the molecule is CC12CCCCCC1NN1CCCCN12. The Morgan fingerprint density at radius 3 is 2.87 bits per heavy atom. The number of rotatable bonds is 0. The molecule has 0 amide bonds. The predicted molar refractivity (Wildman–Crippen MR) is 61.1 cm³/mol. The van der Waals surface area contributed by atoms with Gasteiger partial charge in [-0.05, 0) is 32.6 Å². The lowest BCUT2D eigenvalue weighted by Gasteiger charge is -2.41. The third kappa shape index (κ3) is 1.52. The minimum atomic E-state index is 0.414.